The van der Waals surface area contributed by atoms with E-state index in [-0.39, 0.29) is 17.9 Å². The minimum atomic E-state index is -0.00976. The van der Waals surface area contributed by atoms with Crippen LogP contribution in [0.5, 0.6) is 0 Å². The number of pyridine rings is 1. The molecule has 6 nitrogen and oxygen atoms in total. The van der Waals surface area contributed by atoms with E-state index in [9.17, 15) is 9.59 Å². The Kier molecular flexibility index (Phi) is 5.83. The maximum atomic E-state index is 12.3. The molecule has 28 heavy (non-hydrogen) atoms. The number of amides is 2. The van der Waals surface area contributed by atoms with Crippen molar-refractivity contribution in [3.63, 3.8) is 0 Å². The normalized spacial score (nSPS) is 16.7. The van der Waals surface area contributed by atoms with Crippen molar-refractivity contribution >= 4 is 35.0 Å². The van der Waals surface area contributed by atoms with E-state index in [4.69, 9.17) is 4.74 Å². The number of anilines is 1. The predicted molar refractivity (Wildman–Crippen MR) is 109 cm³/mol. The lowest BCUT2D eigenvalue weighted by Gasteiger charge is -2.38. The zero-order valence-corrected chi connectivity index (χ0v) is 16.4. The molecule has 0 saturated carbocycles. The minimum absolute atomic E-state index is 0.000419. The van der Waals surface area contributed by atoms with Crippen LogP contribution in [0.15, 0.2) is 35.9 Å². The van der Waals surface area contributed by atoms with Crippen LogP contribution in [0, 0.1) is 0 Å². The molecule has 1 fully saturated rings. The summed E-state index contributed by atoms with van der Waals surface area (Å²) in [4.78, 5) is 31.1. The Morgan fingerprint density at radius 2 is 2.29 bits per heavy atom. The standard InChI is InChI=1S/C21H23N3O3S/c25-19-7-6-16-11-15(12-22-21(16)23-19)5-8-20(26)24-13-17(14-24)27-9-1-3-18-4-2-10-28-18/h2,4-5,8,10-12,17H,1,3,6-7,9,13-14H2,(H,22,23,25). The highest BCUT2D eigenvalue weighted by atomic mass is 32.1. The summed E-state index contributed by atoms with van der Waals surface area (Å²) in [5, 5.41) is 4.85. The third-order valence-electron chi connectivity index (χ3n) is 4.95. The number of thiophene rings is 1. The molecule has 0 atom stereocenters. The lowest BCUT2D eigenvalue weighted by atomic mass is 10.0. The molecule has 0 bridgehead atoms. The quantitative estimate of drug-likeness (QED) is 0.576. The number of carbonyl (C=O) groups is 2. The fraction of sp³-hybridized carbons (Fsp3) is 0.381. The summed E-state index contributed by atoms with van der Waals surface area (Å²) >= 11 is 1.78. The number of hydrogen-bond donors (Lipinski definition) is 1. The predicted octanol–water partition coefficient (Wildman–Crippen LogP) is 2.90. The van der Waals surface area contributed by atoms with E-state index in [1.807, 2.05) is 6.07 Å². The number of hydrogen-bond acceptors (Lipinski definition) is 5. The summed E-state index contributed by atoms with van der Waals surface area (Å²) < 4.78 is 5.83. The van der Waals surface area contributed by atoms with Gasteiger partial charge in [0.1, 0.15) is 5.82 Å². The van der Waals surface area contributed by atoms with Gasteiger partial charge in [-0.15, -0.1) is 11.3 Å². The largest absolute Gasteiger partial charge is 0.375 e. The van der Waals surface area contributed by atoms with Gasteiger partial charge in [0.2, 0.25) is 11.8 Å². The number of likely N-dealkylation sites (tertiary alicyclic amines) is 1. The fourth-order valence-electron chi connectivity index (χ4n) is 3.31. The van der Waals surface area contributed by atoms with Crippen molar-refractivity contribution in [3.8, 4) is 0 Å². The zero-order valence-electron chi connectivity index (χ0n) is 15.6. The molecule has 2 aromatic heterocycles. The monoisotopic (exact) mass is 397 g/mol. The molecule has 0 unspecified atom stereocenters. The Labute approximate surface area is 168 Å². The van der Waals surface area contributed by atoms with E-state index >= 15 is 0 Å². The topological polar surface area (TPSA) is 71.5 Å². The summed E-state index contributed by atoms with van der Waals surface area (Å²) in [5.74, 6) is 0.616. The number of carbonyl (C=O) groups excluding carboxylic acids is 2. The molecule has 0 spiro atoms. The number of aryl methyl sites for hydroxylation is 2. The number of rotatable bonds is 7. The molecule has 2 aliphatic rings. The van der Waals surface area contributed by atoms with Gasteiger partial charge in [-0.05, 0) is 54.0 Å². The summed E-state index contributed by atoms with van der Waals surface area (Å²) in [6, 6.07) is 6.19. The number of nitrogens with one attached hydrogen (secondary N) is 1. The lowest BCUT2D eigenvalue weighted by Crippen LogP contribution is -2.54. The summed E-state index contributed by atoms with van der Waals surface area (Å²) in [6.45, 7) is 2.03. The van der Waals surface area contributed by atoms with Crippen molar-refractivity contribution in [2.75, 3.05) is 25.0 Å². The fourth-order valence-corrected chi connectivity index (χ4v) is 4.06. The number of fused-ring (bicyclic) bond motifs is 1. The van der Waals surface area contributed by atoms with E-state index in [0.29, 0.717) is 31.7 Å². The first kappa shape index (κ1) is 18.8. The Bertz CT molecular complexity index is 873. The molecule has 1 saturated heterocycles. The van der Waals surface area contributed by atoms with Gasteiger partial charge in [0, 0.05) is 43.3 Å². The van der Waals surface area contributed by atoms with Gasteiger partial charge < -0.3 is 15.0 Å². The Balaban J connectivity index is 1.18. The Morgan fingerprint density at radius 3 is 3.11 bits per heavy atom. The summed E-state index contributed by atoms with van der Waals surface area (Å²) in [6.07, 6.45) is 8.40. The number of aromatic nitrogens is 1. The van der Waals surface area contributed by atoms with Crippen molar-refractivity contribution in [1.29, 1.82) is 0 Å². The van der Waals surface area contributed by atoms with Crippen LogP contribution in [0.1, 0.15) is 28.8 Å². The van der Waals surface area contributed by atoms with E-state index in [2.05, 4.69) is 27.8 Å². The van der Waals surface area contributed by atoms with Gasteiger partial charge in [0.25, 0.3) is 0 Å². The minimum Gasteiger partial charge on any atom is -0.375 e. The lowest BCUT2D eigenvalue weighted by molar-refractivity contribution is -0.139. The van der Waals surface area contributed by atoms with Crippen LogP contribution in [0.2, 0.25) is 0 Å². The van der Waals surface area contributed by atoms with Gasteiger partial charge in [-0.3, -0.25) is 9.59 Å². The molecule has 146 valence electrons. The SMILES string of the molecule is O=C1CCc2cc(C=CC(=O)N3CC(OCCCc4cccs4)C3)cnc2N1. The first-order valence-corrected chi connectivity index (χ1v) is 10.4. The molecular weight excluding hydrogens is 374 g/mol. The molecule has 4 rings (SSSR count). The first-order chi connectivity index (χ1) is 13.7. The smallest absolute Gasteiger partial charge is 0.246 e. The Morgan fingerprint density at radius 1 is 1.39 bits per heavy atom. The van der Waals surface area contributed by atoms with Crippen LogP contribution in [-0.4, -0.2) is 47.5 Å². The maximum Gasteiger partial charge on any atom is 0.246 e. The van der Waals surface area contributed by atoms with Crippen LogP contribution < -0.4 is 5.32 Å². The van der Waals surface area contributed by atoms with Crippen molar-refractivity contribution < 1.29 is 14.3 Å². The molecule has 0 aliphatic carbocycles. The van der Waals surface area contributed by atoms with Crippen LogP contribution in [0.25, 0.3) is 6.08 Å². The molecule has 0 aromatic carbocycles. The van der Waals surface area contributed by atoms with Crippen molar-refractivity contribution in [2.24, 2.45) is 0 Å². The number of ether oxygens (including phenoxy) is 1. The van der Waals surface area contributed by atoms with E-state index < -0.39 is 0 Å². The van der Waals surface area contributed by atoms with E-state index in [1.54, 1.807) is 34.6 Å². The van der Waals surface area contributed by atoms with Crippen LogP contribution >= 0.6 is 11.3 Å². The zero-order chi connectivity index (χ0) is 19.3. The molecule has 2 aromatic rings. The maximum absolute atomic E-state index is 12.3. The average molecular weight is 398 g/mol. The highest BCUT2D eigenvalue weighted by Crippen LogP contribution is 2.21. The van der Waals surface area contributed by atoms with Gasteiger partial charge in [0.15, 0.2) is 0 Å². The second-order valence-electron chi connectivity index (χ2n) is 7.08. The van der Waals surface area contributed by atoms with Gasteiger partial charge >= 0.3 is 0 Å². The Hall–Kier alpha value is -2.51. The third-order valence-corrected chi connectivity index (χ3v) is 5.88. The van der Waals surface area contributed by atoms with E-state index in [1.165, 1.54) is 4.88 Å². The molecule has 0 radical (unpaired) electrons. The van der Waals surface area contributed by atoms with Gasteiger partial charge in [-0.2, -0.15) is 0 Å². The highest BCUT2D eigenvalue weighted by Gasteiger charge is 2.29. The van der Waals surface area contributed by atoms with Crippen LogP contribution in [0.3, 0.4) is 0 Å². The van der Waals surface area contributed by atoms with Gasteiger partial charge in [-0.25, -0.2) is 4.98 Å². The highest BCUT2D eigenvalue weighted by molar-refractivity contribution is 7.09. The molecular formula is C21H23N3O3S. The van der Waals surface area contributed by atoms with E-state index in [0.717, 1.165) is 30.6 Å². The molecule has 2 aliphatic heterocycles. The summed E-state index contributed by atoms with van der Waals surface area (Å²) in [5.41, 5.74) is 1.87. The molecule has 2 amide bonds. The van der Waals surface area contributed by atoms with Crippen LogP contribution in [-0.2, 0) is 27.2 Å². The van der Waals surface area contributed by atoms with Crippen molar-refractivity contribution in [1.82, 2.24) is 9.88 Å². The second-order valence-corrected chi connectivity index (χ2v) is 8.11. The molecule has 7 heteroatoms. The molecule has 1 N–H and O–H groups in total. The van der Waals surface area contributed by atoms with Crippen LogP contribution in [0.4, 0.5) is 5.82 Å². The third kappa shape index (κ3) is 4.66. The van der Waals surface area contributed by atoms with Crippen molar-refractivity contribution in [3.05, 3.63) is 51.9 Å². The number of nitrogens with zero attached hydrogens (tertiary/aromatic N) is 2. The van der Waals surface area contributed by atoms with Gasteiger partial charge in [0.05, 0.1) is 6.10 Å². The van der Waals surface area contributed by atoms with Gasteiger partial charge in [-0.1, -0.05) is 6.07 Å². The van der Waals surface area contributed by atoms with Crippen molar-refractivity contribution in [2.45, 2.75) is 31.8 Å². The average Bonchev–Trinajstić information content (AvgIpc) is 3.18. The molecule has 4 heterocycles. The first-order valence-electron chi connectivity index (χ1n) is 9.57. The summed E-state index contributed by atoms with van der Waals surface area (Å²) in [7, 11) is 0. The second kappa shape index (κ2) is 8.67.